The van der Waals surface area contributed by atoms with E-state index < -0.39 is 0 Å². The Morgan fingerprint density at radius 2 is 1.57 bits per heavy atom. The van der Waals surface area contributed by atoms with Gasteiger partial charge in [0.05, 0.1) is 4.58 Å². The van der Waals surface area contributed by atoms with Crippen LogP contribution in [0, 0.1) is 0 Å². The summed E-state index contributed by atoms with van der Waals surface area (Å²) in [5.41, 5.74) is 3.17. The van der Waals surface area contributed by atoms with Gasteiger partial charge in [0.2, 0.25) is 0 Å². The molecule has 2 aromatic rings. The Kier molecular flexibility index (Phi) is 3.84. The van der Waals surface area contributed by atoms with Gasteiger partial charge in [-0.1, -0.05) is 59.7 Å². The largest absolute Gasteiger partial charge is 0.508 e. The SMILES string of the molecule is CC(C)(c1ccc(O)cc1)c1ccc(O)c(CC2SS2)c1. The molecule has 0 radical (unpaired) electrons. The lowest BCUT2D eigenvalue weighted by atomic mass is 9.77. The van der Waals surface area contributed by atoms with E-state index in [2.05, 4.69) is 19.9 Å². The van der Waals surface area contributed by atoms with Gasteiger partial charge in [0.25, 0.3) is 0 Å². The number of benzene rings is 2. The number of aromatic hydroxyl groups is 2. The fraction of sp³-hybridized carbons (Fsp3) is 0.294. The highest BCUT2D eigenvalue weighted by Gasteiger charge is 2.28. The second-order valence-corrected chi connectivity index (χ2v) is 8.82. The first-order valence-electron chi connectivity index (χ1n) is 6.91. The molecule has 1 aliphatic rings. The van der Waals surface area contributed by atoms with Crippen molar-refractivity contribution in [1.29, 1.82) is 0 Å². The molecule has 0 aliphatic carbocycles. The molecule has 4 heteroatoms. The number of hydrogen-bond donors (Lipinski definition) is 2. The zero-order valence-electron chi connectivity index (χ0n) is 12.0. The molecule has 1 aliphatic heterocycles. The highest BCUT2D eigenvalue weighted by atomic mass is 33.2. The standard InChI is InChI=1S/C17H18O2S2/c1-17(2,12-3-6-14(18)7-4-12)13-5-8-15(19)11(9-13)10-16-20-21-16/h3-9,16,18-19H,10H2,1-2H3. The Balaban J connectivity index is 1.95. The van der Waals surface area contributed by atoms with Crippen LogP contribution in [-0.2, 0) is 11.8 Å². The third-order valence-corrected chi connectivity index (χ3v) is 6.20. The van der Waals surface area contributed by atoms with E-state index in [1.165, 1.54) is 5.56 Å². The molecule has 0 spiro atoms. The predicted octanol–water partition coefficient (Wildman–Crippen LogP) is 4.69. The molecule has 2 N–H and O–H groups in total. The van der Waals surface area contributed by atoms with Gasteiger partial charge in [-0.2, -0.15) is 0 Å². The molecule has 0 unspecified atom stereocenters. The quantitative estimate of drug-likeness (QED) is 0.634. The average Bonchev–Trinajstić information content (AvgIpc) is 3.25. The molecule has 0 amide bonds. The maximum Gasteiger partial charge on any atom is 0.118 e. The average molecular weight is 318 g/mol. The van der Waals surface area contributed by atoms with Crippen LogP contribution in [0.15, 0.2) is 42.5 Å². The minimum absolute atomic E-state index is 0.167. The molecular weight excluding hydrogens is 300 g/mol. The van der Waals surface area contributed by atoms with Crippen molar-refractivity contribution in [3.63, 3.8) is 0 Å². The molecule has 21 heavy (non-hydrogen) atoms. The van der Waals surface area contributed by atoms with E-state index in [0.717, 1.165) is 17.5 Å². The molecule has 110 valence electrons. The summed E-state index contributed by atoms with van der Waals surface area (Å²) >= 11 is 0. The van der Waals surface area contributed by atoms with Crippen LogP contribution in [0.2, 0.25) is 0 Å². The molecule has 2 aromatic carbocycles. The normalized spacial score (nSPS) is 15.1. The highest BCUT2D eigenvalue weighted by Crippen LogP contribution is 2.55. The van der Waals surface area contributed by atoms with E-state index in [-0.39, 0.29) is 11.2 Å². The summed E-state index contributed by atoms with van der Waals surface area (Å²) in [6.45, 7) is 4.33. The van der Waals surface area contributed by atoms with Crippen LogP contribution < -0.4 is 0 Å². The van der Waals surface area contributed by atoms with Gasteiger partial charge in [-0.15, -0.1) is 0 Å². The molecule has 0 aromatic heterocycles. The summed E-state index contributed by atoms with van der Waals surface area (Å²) in [4.78, 5) is 0. The monoisotopic (exact) mass is 318 g/mol. The third-order valence-electron chi connectivity index (χ3n) is 4.01. The van der Waals surface area contributed by atoms with E-state index in [0.29, 0.717) is 10.3 Å². The molecule has 3 rings (SSSR count). The highest BCUT2D eigenvalue weighted by molar-refractivity contribution is 8.92. The van der Waals surface area contributed by atoms with Gasteiger partial charge in [0, 0.05) is 5.41 Å². The van der Waals surface area contributed by atoms with Crippen molar-refractivity contribution >= 4 is 21.6 Å². The van der Waals surface area contributed by atoms with Crippen LogP contribution >= 0.6 is 21.6 Å². The predicted molar refractivity (Wildman–Crippen MR) is 91.0 cm³/mol. The van der Waals surface area contributed by atoms with Crippen molar-refractivity contribution in [2.75, 3.05) is 0 Å². The van der Waals surface area contributed by atoms with Crippen LogP contribution in [0.4, 0.5) is 0 Å². The second-order valence-electron chi connectivity index (χ2n) is 5.84. The van der Waals surface area contributed by atoms with Crippen LogP contribution in [0.5, 0.6) is 11.5 Å². The lowest BCUT2D eigenvalue weighted by molar-refractivity contribution is 0.467. The fourth-order valence-corrected chi connectivity index (χ4v) is 3.69. The summed E-state index contributed by atoms with van der Waals surface area (Å²) < 4.78 is 0.586. The minimum Gasteiger partial charge on any atom is -0.508 e. The topological polar surface area (TPSA) is 40.5 Å². The minimum atomic E-state index is -0.167. The van der Waals surface area contributed by atoms with Gasteiger partial charge in [0.1, 0.15) is 11.5 Å². The maximum atomic E-state index is 10.0. The van der Waals surface area contributed by atoms with Crippen molar-refractivity contribution in [3.8, 4) is 11.5 Å². The van der Waals surface area contributed by atoms with Gasteiger partial charge in [-0.25, -0.2) is 0 Å². The Labute approximate surface area is 133 Å². The Bertz CT molecular complexity index is 646. The number of phenolic OH excluding ortho intramolecular Hbond substituents is 2. The van der Waals surface area contributed by atoms with E-state index in [1.807, 2.05) is 39.8 Å². The van der Waals surface area contributed by atoms with Crippen LogP contribution in [0.25, 0.3) is 0 Å². The zero-order valence-corrected chi connectivity index (χ0v) is 13.7. The molecule has 2 nitrogen and oxygen atoms in total. The van der Waals surface area contributed by atoms with E-state index in [4.69, 9.17) is 0 Å². The van der Waals surface area contributed by atoms with Gasteiger partial charge in [-0.05, 0) is 41.3 Å². The number of phenols is 2. The third kappa shape index (κ3) is 3.16. The van der Waals surface area contributed by atoms with Crippen molar-refractivity contribution < 1.29 is 10.2 Å². The summed E-state index contributed by atoms with van der Waals surface area (Å²) in [6, 6.07) is 13.2. The van der Waals surface area contributed by atoms with Crippen molar-refractivity contribution in [2.45, 2.75) is 30.3 Å². The summed E-state index contributed by atoms with van der Waals surface area (Å²) in [7, 11) is 3.72. The molecule has 1 fully saturated rings. The summed E-state index contributed by atoms with van der Waals surface area (Å²) in [5.74, 6) is 0.664. The maximum absolute atomic E-state index is 10.0. The lowest BCUT2D eigenvalue weighted by Crippen LogP contribution is -2.19. The molecule has 1 heterocycles. The smallest absolute Gasteiger partial charge is 0.118 e. The Morgan fingerprint density at radius 3 is 2.19 bits per heavy atom. The van der Waals surface area contributed by atoms with Crippen molar-refractivity contribution in [3.05, 3.63) is 59.2 Å². The first kappa shape index (κ1) is 14.7. The molecule has 1 saturated heterocycles. The van der Waals surface area contributed by atoms with E-state index in [9.17, 15) is 10.2 Å². The number of hydrogen-bond acceptors (Lipinski definition) is 4. The zero-order chi connectivity index (χ0) is 15.0. The number of rotatable bonds is 4. The van der Waals surface area contributed by atoms with Crippen molar-refractivity contribution in [1.82, 2.24) is 0 Å². The fourth-order valence-electron chi connectivity index (χ4n) is 2.47. The van der Waals surface area contributed by atoms with Crippen LogP contribution in [-0.4, -0.2) is 14.8 Å². The Hall–Kier alpha value is -1.26. The van der Waals surface area contributed by atoms with Gasteiger partial charge in [-0.3, -0.25) is 0 Å². The van der Waals surface area contributed by atoms with Gasteiger partial charge < -0.3 is 10.2 Å². The second kappa shape index (κ2) is 5.50. The molecule has 0 atom stereocenters. The van der Waals surface area contributed by atoms with Crippen molar-refractivity contribution in [2.24, 2.45) is 0 Å². The first-order chi connectivity index (χ1) is 9.96. The first-order valence-corrected chi connectivity index (χ1v) is 9.18. The van der Waals surface area contributed by atoms with E-state index >= 15 is 0 Å². The molecule has 0 saturated carbocycles. The molecule has 0 bridgehead atoms. The Morgan fingerprint density at radius 1 is 0.952 bits per heavy atom. The summed E-state index contributed by atoms with van der Waals surface area (Å²) in [5, 5.41) is 19.5. The van der Waals surface area contributed by atoms with Gasteiger partial charge >= 0.3 is 0 Å². The molecular formula is C17H18O2S2. The van der Waals surface area contributed by atoms with Crippen LogP contribution in [0.1, 0.15) is 30.5 Å². The lowest BCUT2D eigenvalue weighted by Gasteiger charge is -2.27. The van der Waals surface area contributed by atoms with E-state index in [1.54, 1.807) is 18.2 Å². The van der Waals surface area contributed by atoms with Gasteiger partial charge in [0.15, 0.2) is 0 Å². The summed E-state index contributed by atoms with van der Waals surface area (Å²) in [6.07, 6.45) is 0.903. The van der Waals surface area contributed by atoms with Crippen LogP contribution in [0.3, 0.4) is 0 Å².